The van der Waals surface area contributed by atoms with Crippen molar-refractivity contribution in [3.63, 3.8) is 0 Å². The van der Waals surface area contributed by atoms with Gasteiger partial charge in [0.15, 0.2) is 0 Å². The molecule has 3 heteroatoms. The van der Waals surface area contributed by atoms with Gasteiger partial charge in [0.2, 0.25) is 0 Å². The molecule has 96 valence electrons. The Bertz CT molecular complexity index is 348. The molecule has 0 bridgehead atoms. The Morgan fingerprint density at radius 2 is 2.29 bits per heavy atom. The van der Waals surface area contributed by atoms with Crippen molar-refractivity contribution in [3.8, 4) is 0 Å². The van der Waals surface area contributed by atoms with Crippen LogP contribution in [0.15, 0.2) is 12.1 Å². The number of hydrogen-bond donors (Lipinski definition) is 2. The first kappa shape index (κ1) is 13.1. The van der Waals surface area contributed by atoms with E-state index in [0.717, 1.165) is 13.0 Å². The zero-order valence-corrected chi connectivity index (χ0v) is 11.7. The summed E-state index contributed by atoms with van der Waals surface area (Å²) in [5, 5.41) is 3.76. The van der Waals surface area contributed by atoms with E-state index in [2.05, 4.69) is 31.3 Å². The Morgan fingerprint density at radius 1 is 1.47 bits per heavy atom. The summed E-state index contributed by atoms with van der Waals surface area (Å²) >= 11 is 1.92. The molecular formula is C14H24N2S. The molecule has 1 saturated carbocycles. The van der Waals surface area contributed by atoms with Gasteiger partial charge in [-0.1, -0.05) is 6.42 Å². The van der Waals surface area contributed by atoms with Gasteiger partial charge < -0.3 is 11.1 Å². The summed E-state index contributed by atoms with van der Waals surface area (Å²) in [5.74, 6) is 0.697. The average Bonchev–Trinajstić information content (AvgIpc) is 2.87. The molecule has 0 radical (unpaired) electrons. The molecule has 1 fully saturated rings. The molecular weight excluding hydrogens is 228 g/mol. The molecule has 2 rings (SSSR count). The molecule has 3 atom stereocenters. The minimum absolute atomic E-state index is 0.560. The van der Waals surface area contributed by atoms with E-state index in [1.165, 1.54) is 29.0 Å². The number of rotatable bonds is 5. The Labute approximate surface area is 109 Å². The number of thiophene rings is 1. The Kier molecular flexibility index (Phi) is 4.60. The van der Waals surface area contributed by atoms with E-state index < -0.39 is 0 Å². The first-order valence-corrected chi connectivity index (χ1v) is 7.52. The molecule has 1 aromatic rings. The topological polar surface area (TPSA) is 38.0 Å². The van der Waals surface area contributed by atoms with E-state index >= 15 is 0 Å². The van der Waals surface area contributed by atoms with Gasteiger partial charge >= 0.3 is 0 Å². The Hall–Kier alpha value is -0.380. The number of aryl methyl sites for hydroxylation is 1. The second-order valence-electron chi connectivity index (χ2n) is 5.32. The number of hydrogen-bond acceptors (Lipinski definition) is 3. The number of nitrogens with one attached hydrogen (secondary N) is 1. The molecule has 1 heterocycles. The highest BCUT2D eigenvalue weighted by Gasteiger charge is 2.26. The Morgan fingerprint density at radius 3 is 2.94 bits per heavy atom. The summed E-state index contributed by atoms with van der Waals surface area (Å²) in [6, 6.07) is 5.68. The minimum Gasteiger partial charge on any atom is -0.330 e. The highest BCUT2D eigenvalue weighted by atomic mass is 32.1. The van der Waals surface area contributed by atoms with E-state index in [1.54, 1.807) is 0 Å². The molecule has 1 aliphatic rings. The highest BCUT2D eigenvalue weighted by Crippen LogP contribution is 2.25. The second kappa shape index (κ2) is 5.98. The summed E-state index contributed by atoms with van der Waals surface area (Å²) < 4.78 is 0. The lowest BCUT2D eigenvalue weighted by Crippen LogP contribution is -2.41. The van der Waals surface area contributed by atoms with Gasteiger partial charge in [-0.25, -0.2) is 0 Å². The van der Waals surface area contributed by atoms with Crippen molar-refractivity contribution in [1.82, 2.24) is 5.32 Å². The van der Waals surface area contributed by atoms with Crippen LogP contribution in [0.3, 0.4) is 0 Å². The summed E-state index contributed by atoms with van der Waals surface area (Å²) in [6.45, 7) is 5.30. The third-order valence-electron chi connectivity index (χ3n) is 3.76. The van der Waals surface area contributed by atoms with Gasteiger partial charge in [0.05, 0.1) is 0 Å². The van der Waals surface area contributed by atoms with Crippen LogP contribution in [-0.2, 0) is 6.42 Å². The van der Waals surface area contributed by atoms with Crippen LogP contribution in [0.5, 0.6) is 0 Å². The molecule has 1 aliphatic carbocycles. The third kappa shape index (κ3) is 3.54. The molecule has 17 heavy (non-hydrogen) atoms. The summed E-state index contributed by atoms with van der Waals surface area (Å²) in [4.78, 5) is 2.90. The van der Waals surface area contributed by atoms with Crippen LogP contribution in [0.2, 0.25) is 0 Å². The minimum atomic E-state index is 0.560. The molecule has 1 aromatic heterocycles. The summed E-state index contributed by atoms with van der Waals surface area (Å²) in [6.07, 6.45) is 5.09. The Balaban J connectivity index is 1.82. The quantitative estimate of drug-likeness (QED) is 0.845. The van der Waals surface area contributed by atoms with Crippen LogP contribution in [0.1, 0.15) is 35.9 Å². The van der Waals surface area contributed by atoms with Crippen molar-refractivity contribution in [1.29, 1.82) is 0 Å². The van der Waals surface area contributed by atoms with E-state index in [4.69, 9.17) is 5.73 Å². The zero-order chi connectivity index (χ0) is 12.3. The van der Waals surface area contributed by atoms with Gasteiger partial charge in [0.25, 0.3) is 0 Å². The van der Waals surface area contributed by atoms with Crippen LogP contribution >= 0.6 is 11.3 Å². The maximum absolute atomic E-state index is 5.82. The van der Waals surface area contributed by atoms with Crippen LogP contribution in [-0.4, -0.2) is 18.6 Å². The van der Waals surface area contributed by atoms with Gasteiger partial charge in [-0.2, -0.15) is 0 Å². The lowest BCUT2D eigenvalue weighted by Gasteiger charge is -2.24. The zero-order valence-electron chi connectivity index (χ0n) is 10.9. The van der Waals surface area contributed by atoms with Crippen LogP contribution in [0.25, 0.3) is 0 Å². The van der Waals surface area contributed by atoms with E-state index in [1.807, 2.05) is 11.3 Å². The maximum Gasteiger partial charge on any atom is 0.0110 e. The maximum atomic E-state index is 5.82. The first-order chi connectivity index (χ1) is 8.19. The molecule has 2 nitrogen and oxygen atoms in total. The van der Waals surface area contributed by atoms with Crippen molar-refractivity contribution in [2.75, 3.05) is 6.54 Å². The lowest BCUT2D eigenvalue weighted by molar-refractivity contribution is 0.369. The fourth-order valence-electron chi connectivity index (χ4n) is 2.86. The lowest BCUT2D eigenvalue weighted by atomic mass is 10.0. The monoisotopic (exact) mass is 252 g/mol. The molecule has 3 unspecified atom stereocenters. The van der Waals surface area contributed by atoms with Crippen molar-refractivity contribution in [2.24, 2.45) is 11.7 Å². The van der Waals surface area contributed by atoms with Crippen LogP contribution in [0, 0.1) is 12.8 Å². The standard InChI is InChI=1S/C14H24N2S/c1-10(8-13-7-6-11(2)17-13)16-14-5-3-4-12(14)9-15/h6-7,10,12,14,16H,3-5,8-9,15H2,1-2H3. The fraction of sp³-hybridized carbons (Fsp3) is 0.714. The molecule has 0 aliphatic heterocycles. The average molecular weight is 252 g/mol. The van der Waals surface area contributed by atoms with E-state index in [9.17, 15) is 0 Å². The normalized spacial score (nSPS) is 26.3. The van der Waals surface area contributed by atoms with Crippen LogP contribution in [0.4, 0.5) is 0 Å². The SMILES string of the molecule is Cc1ccc(CC(C)NC2CCCC2CN)s1. The molecule has 0 saturated heterocycles. The highest BCUT2D eigenvalue weighted by molar-refractivity contribution is 7.11. The molecule has 0 spiro atoms. The van der Waals surface area contributed by atoms with Crippen molar-refractivity contribution < 1.29 is 0 Å². The van der Waals surface area contributed by atoms with Gasteiger partial charge in [-0.3, -0.25) is 0 Å². The van der Waals surface area contributed by atoms with Crippen molar-refractivity contribution in [2.45, 2.75) is 51.6 Å². The van der Waals surface area contributed by atoms with Crippen molar-refractivity contribution in [3.05, 3.63) is 21.9 Å². The largest absolute Gasteiger partial charge is 0.330 e. The molecule has 0 aromatic carbocycles. The van der Waals surface area contributed by atoms with Gasteiger partial charge in [-0.05, 0) is 57.7 Å². The first-order valence-electron chi connectivity index (χ1n) is 6.70. The summed E-state index contributed by atoms with van der Waals surface area (Å²) in [5.41, 5.74) is 5.82. The molecule has 3 N–H and O–H groups in total. The van der Waals surface area contributed by atoms with E-state index in [-0.39, 0.29) is 0 Å². The van der Waals surface area contributed by atoms with Gasteiger partial charge in [0, 0.05) is 21.8 Å². The van der Waals surface area contributed by atoms with Crippen LogP contribution < -0.4 is 11.1 Å². The van der Waals surface area contributed by atoms with Gasteiger partial charge in [-0.15, -0.1) is 11.3 Å². The number of nitrogens with two attached hydrogens (primary N) is 1. The van der Waals surface area contributed by atoms with Crippen molar-refractivity contribution >= 4 is 11.3 Å². The smallest absolute Gasteiger partial charge is 0.0110 e. The van der Waals surface area contributed by atoms with E-state index in [0.29, 0.717) is 18.0 Å². The summed E-state index contributed by atoms with van der Waals surface area (Å²) in [7, 11) is 0. The fourth-order valence-corrected chi connectivity index (χ4v) is 3.88. The molecule has 0 amide bonds. The second-order valence-corrected chi connectivity index (χ2v) is 6.69. The predicted molar refractivity (Wildman–Crippen MR) is 75.5 cm³/mol. The van der Waals surface area contributed by atoms with Gasteiger partial charge in [0.1, 0.15) is 0 Å². The predicted octanol–water partition coefficient (Wildman–Crippen LogP) is 2.70. The third-order valence-corrected chi connectivity index (χ3v) is 4.79.